The first-order valence-corrected chi connectivity index (χ1v) is 9.82. The number of ether oxygens (including phenoxy) is 1. The van der Waals surface area contributed by atoms with Crippen molar-refractivity contribution in [3.63, 3.8) is 0 Å². The Morgan fingerprint density at radius 2 is 1.97 bits per heavy atom. The van der Waals surface area contributed by atoms with E-state index < -0.39 is 5.97 Å². The van der Waals surface area contributed by atoms with Gasteiger partial charge in [-0.2, -0.15) is 0 Å². The lowest BCUT2D eigenvalue weighted by Gasteiger charge is -2.07. The lowest BCUT2D eigenvalue weighted by molar-refractivity contribution is -0.137. The minimum atomic E-state index is -0.783. The molecule has 2 heterocycles. The molecule has 8 heteroatoms. The largest absolute Gasteiger partial charge is 0.481 e. The number of carbonyl (C=O) groups excluding carboxylic acids is 1. The van der Waals surface area contributed by atoms with Crippen LogP contribution in [0.4, 0.5) is 0 Å². The highest BCUT2D eigenvalue weighted by Crippen LogP contribution is 2.20. The molecule has 2 aromatic heterocycles. The number of amides is 1. The van der Waals surface area contributed by atoms with Crippen LogP contribution < -0.4 is 10.1 Å². The lowest BCUT2D eigenvalue weighted by atomic mass is 10.1. The number of hydrogen-bond acceptors (Lipinski definition) is 5. The fraction of sp³-hybridized carbons (Fsp3) is 0.318. The summed E-state index contributed by atoms with van der Waals surface area (Å²) in [5, 5.41) is 15.8. The fourth-order valence-electron chi connectivity index (χ4n) is 2.99. The smallest absolute Gasteiger partial charge is 0.303 e. The number of aliphatic carboxylic acids is 1. The summed E-state index contributed by atoms with van der Waals surface area (Å²) >= 11 is 0. The Labute approximate surface area is 174 Å². The number of carboxylic acids is 1. The zero-order chi connectivity index (χ0) is 21.3. The van der Waals surface area contributed by atoms with E-state index in [9.17, 15) is 9.59 Å². The summed E-state index contributed by atoms with van der Waals surface area (Å²) in [6.45, 7) is 0.743. The molecular weight excluding hydrogens is 386 g/mol. The third-order valence-electron chi connectivity index (χ3n) is 4.53. The summed E-state index contributed by atoms with van der Waals surface area (Å²) in [6.07, 6.45) is 5.74. The van der Waals surface area contributed by atoms with Gasteiger partial charge in [-0.15, -0.1) is 5.10 Å². The third kappa shape index (κ3) is 5.97. The van der Waals surface area contributed by atoms with Crippen LogP contribution in [0, 0.1) is 0 Å². The van der Waals surface area contributed by atoms with Crippen molar-refractivity contribution >= 4 is 11.9 Å². The number of aryl methyl sites for hydroxylation is 1. The number of rotatable bonds is 11. The van der Waals surface area contributed by atoms with E-state index in [1.807, 2.05) is 24.3 Å². The summed E-state index contributed by atoms with van der Waals surface area (Å²) in [5.74, 6) is 0.255. The Morgan fingerprint density at radius 1 is 1.17 bits per heavy atom. The molecule has 0 aliphatic heterocycles. The fourth-order valence-corrected chi connectivity index (χ4v) is 2.99. The highest BCUT2D eigenvalue weighted by atomic mass is 16.5. The van der Waals surface area contributed by atoms with Gasteiger partial charge in [0.05, 0.1) is 25.0 Å². The van der Waals surface area contributed by atoms with Crippen LogP contribution in [-0.2, 0) is 18.4 Å². The minimum Gasteiger partial charge on any atom is -0.481 e. The van der Waals surface area contributed by atoms with Gasteiger partial charge in [-0.25, -0.2) is 0 Å². The maximum atomic E-state index is 12.5. The van der Waals surface area contributed by atoms with Crippen LogP contribution in [0.15, 0.2) is 53.3 Å². The normalized spacial score (nSPS) is 10.7. The van der Waals surface area contributed by atoms with Gasteiger partial charge in [0, 0.05) is 30.8 Å². The zero-order valence-corrected chi connectivity index (χ0v) is 16.8. The maximum absolute atomic E-state index is 12.5. The minimum absolute atomic E-state index is 0.170. The van der Waals surface area contributed by atoms with Gasteiger partial charge >= 0.3 is 5.97 Å². The van der Waals surface area contributed by atoms with E-state index >= 15 is 0 Å². The molecule has 8 nitrogen and oxygen atoms in total. The van der Waals surface area contributed by atoms with Crippen molar-refractivity contribution in [2.75, 3.05) is 6.61 Å². The molecule has 0 saturated heterocycles. The molecule has 0 aliphatic carbocycles. The maximum Gasteiger partial charge on any atom is 0.303 e. The second-order valence-electron chi connectivity index (χ2n) is 6.92. The van der Waals surface area contributed by atoms with Crippen LogP contribution in [0.5, 0.6) is 5.88 Å². The molecular formula is C22H25N3O5. The Bertz CT molecular complexity index is 961. The van der Waals surface area contributed by atoms with Gasteiger partial charge in [0.1, 0.15) is 5.76 Å². The van der Waals surface area contributed by atoms with E-state index in [4.69, 9.17) is 14.3 Å². The molecule has 0 aliphatic rings. The number of nitrogens with one attached hydrogen (secondary N) is 1. The second-order valence-corrected chi connectivity index (χ2v) is 6.92. The molecule has 0 saturated carbocycles. The van der Waals surface area contributed by atoms with Crippen LogP contribution in [0.2, 0.25) is 0 Å². The molecule has 30 heavy (non-hydrogen) atoms. The van der Waals surface area contributed by atoms with Crippen molar-refractivity contribution in [1.29, 1.82) is 0 Å². The van der Waals surface area contributed by atoms with Crippen molar-refractivity contribution in [1.82, 2.24) is 15.1 Å². The molecule has 0 atom stereocenters. The monoisotopic (exact) mass is 411 g/mol. The predicted octanol–water partition coefficient (Wildman–Crippen LogP) is 3.63. The summed E-state index contributed by atoms with van der Waals surface area (Å²) in [4.78, 5) is 23.0. The molecule has 3 aromatic rings. The number of benzene rings is 1. The van der Waals surface area contributed by atoms with Crippen molar-refractivity contribution < 1.29 is 23.8 Å². The zero-order valence-electron chi connectivity index (χ0n) is 16.8. The Hall–Kier alpha value is -3.55. The van der Waals surface area contributed by atoms with Gasteiger partial charge in [0.15, 0.2) is 0 Å². The summed E-state index contributed by atoms with van der Waals surface area (Å²) in [6, 6.07) is 10.9. The Kier molecular flexibility index (Phi) is 7.26. The molecule has 0 unspecified atom stereocenters. The molecule has 1 aromatic carbocycles. The number of unbranched alkanes of at least 4 members (excludes halogenated alkanes) is 2. The molecule has 0 bridgehead atoms. The number of carboxylic acid groups (broad SMARTS) is 1. The number of hydrogen-bond donors (Lipinski definition) is 2. The topological polar surface area (TPSA) is 107 Å². The summed E-state index contributed by atoms with van der Waals surface area (Å²) < 4.78 is 12.7. The highest BCUT2D eigenvalue weighted by Gasteiger charge is 2.12. The van der Waals surface area contributed by atoms with E-state index in [-0.39, 0.29) is 12.3 Å². The summed E-state index contributed by atoms with van der Waals surface area (Å²) in [7, 11) is 1.79. The van der Waals surface area contributed by atoms with Gasteiger partial charge in [0.2, 0.25) is 5.88 Å². The van der Waals surface area contributed by atoms with E-state index in [0.29, 0.717) is 31.0 Å². The molecule has 0 fully saturated rings. The Morgan fingerprint density at radius 3 is 2.67 bits per heavy atom. The van der Waals surface area contributed by atoms with E-state index in [1.165, 1.54) is 0 Å². The first kappa shape index (κ1) is 21.2. The van der Waals surface area contributed by atoms with Crippen molar-refractivity contribution in [3.05, 3.63) is 60.0 Å². The standard InChI is InChI=1S/C22H25N3O5/c1-25-15-18(22(24-25)30-12-4-2-3-7-20(26)27)14-23-21(28)17-10-8-16(9-11-17)19-6-5-13-29-19/h5-6,8-11,13,15H,2-4,7,12,14H2,1H3,(H,23,28)(H,26,27). The predicted molar refractivity (Wildman–Crippen MR) is 110 cm³/mol. The Balaban J connectivity index is 1.49. The first-order chi connectivity index (χ1) is 14.5. The second kappa shape index (κ2) is 10.3. The van der Waals surface area contributed by atoms with E-state index in [0.717, 1.165) is 29.7 Å². The number of furan rings is 1. The van der Waals surface area contributed by atoms with Gasteiger partial charge in [-0.3, -0.25) is 14.3 Å². The summed E-state index contributed by atoms with van der Waals surface area (Å²) in [5.41, 5.74) is 2.24. The SMILES string of the molecule is Cn1cc(CNC(=O)c2ccc(-c3ccco3)cc2)c(OCCCCCC(=O)O)n1. The molecule has 0 radical (unpaired) electrons. The number of aromatic nitrogens is 2. The van der Waals surface area contributed by atoms with Crippen LogP contribution in [0.1, 0.15) is 41.6 Å². The quantitative estimate of drug-likeness (QED) is 0.467. The average Bonchev–Trinajstić information content (AvgIpc) is 3.38. The van der Waals surface area contributed by atoms with Gasteiger partial charge in [-0.1, -0.05) is 12.1 Å². The molecule has 3 rings (SSSR count). The van der Waals surface area contributed by atoms with Crippen molar-refractivity contribution in [3.8, 4) is 17.2 Å². The van der Waals surface area contributed by atoms with Crippen LogP contribution in [0.3, 0.4) is 0 Å². The van der Waals surface area contributed by atoms with Gasteiger partial charge in [-0.05, 0) is 43.5 Å². The van der Waals surface area contributed by atoms with Crippen LogP contribution >= 0.6 is 0 Å². The number of nitrogens with zero attached hydrogens (tertiary/aromatic N) is 2. The number of carbonyl (C=O) groups is 2. The highest BCUT2D eigenvalue weighted by molar-refractivity contribution is 5.94. The van der Waals surface area contributed by atoms with Crippen molar-refractivity contribution in [2.24, 2.45) is 7.05 Å². The third-order valence-corrected chi connectivity index (χ3v) is 4.53. The van der Waals surface area contributed by atoms with Crippen LogP contribution in [-0.4, -0.2) is 33.4 Å². The molecule has 158 valence electrons. The molecule has 0 spiro atoms. The lowest BCUT2D eigenvalue weighted by Crippen LogP contribution is -2.22. The van der Waals surface area contributed by atoms with E-state index in [2.05, 4.69) is 10.4 Å². The van der Waals surface area contributed by atoms with Gasteiger partial charge in [0.25, 0.3) is 5.91 Å². The van der Waals surface area contributed by atoms with E-state index in [1.54, 1.807) is 36.3 Å². The van der Waals surface area contributed by atoms with Gasteiger partial charge < -0.3 is 19.6 Å². The molecule has 1 amide bonds. The first-order valence-electron chi connectivity index (χ1n) is 9.82. The average molecular weight is 411 g/mol. The van der Waals surface area contributed by atoms with Crippen molar-refractivity contribution in [2.45, 2.75) is 32.2 Å². The molecule has 2 N–H and O–H groups in total. The van der Waals surface area contributed by atoms with Crippen LogP contribution in [0.25, 0.3) is 11.3 Å².